The standard InChI is InChI=1S/C16H25N3O3S.ClH/c1-12(2)10-18-23(21,22)15-7-5-13(6-8-15)16(20)19-14-4-3-9-17-11-14;/h5-8,12,14,17-18H,3-4,9-11H2,1-2H3,(H,19,20);1H. The third-order valence-electron chi connectivity index (χ3n) is 3.74. The average molecular weight is 376 g/mol. The lowest BCUT2D eigenvalue weighted by atomic mass is 10.1. The number of halogens is 1. The fourth-order valence-electron chi connectivity index (χ4n) is 2.39. The largest absolute Gasteiger partial charge is 0.348 e. The lowest BCUT2D eigenvalue weighted by Gasteiger charge is -2.23. The minimum absolute atomic E-state index is 0. The summed E-state index contributed by atoms with van der Waals surface area (Å²) in [5.41, 5.74) is 0.471. The molecule has 1 atom stereocenters. The van der Waals surface area contributed by atoms with Crippen molar-refractivity contribution in [1.82, 2.24) is 15.4 Å². The molecule has 1 saturated heterocycles. The summed E-state index contributed by atoms with van der Waals surface area (Å²) < 4.78 is 26.8. The maximum absolute atomic E-state index is 12.2. The molecule has 1 aliphatic rings. The van der Waals surface area contributed by atoms with Crippen LogP contribution in [0.5, 0.6) is 0 Å². The highest BCUT2D eigenvalue weighted by Gasteiger charge is 2.18. The number of carbonyl (C=O) groups excluding carboxylic acids is 1. The molecule has 136 valence electrons. The second-order valence-corrected chi connectivity index (χ2v) is 8.05. The van der Waals surface area contributed by atoms with E-state index in [9.17, 15) is 13.2 Å². The second kappa shape index (κ2) is 9.36. The molecule has 3 N–H and O–H groups in total. The van der Waals surface area contributed by atoms with Gasteiger partial charge in [0.1, 0.15) is 0 Å². The summed E-state index contributed by atoms with van der Waals surface area (Å²) in [6.45, 7) is 6.03. The van der Waals surface area contributed by atoms with Gasteiger partial charge in [-0.1, -0.05) is 13.8 Å². The van der Waals surface area contributed by atoms with Gasteiger partial charge >= 0.3 is 0 Å². The van der Waals surface area contributed by atoms with Crippen LogP contribution in [-0.4, -0.2) is 40.0 Å². The predicted molar refractivity (Wildman–Crippen MR) is 97.1 cm³/mol. The summed E-state index contributed by atoms with van der Waals surface area (Å²) in [6, 6.07) is 6.17. The summed E-state index contributed by atoms with van der Waals surface area (Å²) in [7, 11) is -3.52. The number of nitrogens with one attached hydrogen (secondary N) is 3. The van der Waals surface area contributed by atoms with Gasteiger partial charge in [0.2, 0.25) is 10.0 Å². The van der Waals surface area contributed by atoms with E-state index in [1.807, 2.05) is 13.8 Å². The second-order valence-electron chi connectivity index (χ2n) is 6.29. The molecule has 1 aliphatic heterocycles. The van der Waals surface area contributed by atoms with E-state index in [4.69, 9.17) is 0 Å². The first-order valence-electron chi connectivity index (χ1n) is 8.00. The molecule has 2 rings (SSSR count). The maximum Gasteiger partial charge on any atom is 0.251 e. The topological polar surface area (TPSA) is 87.3 Å². The molecular weight excluding hydrogens is 350 g/mol. The van der Waals surface area contributed by atoms with E-state index in [1.165, 1.54) is 12.1 Å². The van der Waals surface area contributed by atoms with Crippen molar-refractivity contribution in [3.05, 3.63) is 29.8 Å². The van der Waals surface area contributed by atoms with E-state index in [0.29, 0.717) is 12.1 Å². The van der Waals surface area contributed by atoms with E-state index >= 15 is 0 Å². The first-order chi connectivity index (χ1) is 10.9. The van der Waals surface area contributed by atoms with Crippen molar-refractivity contribution in [2.24, 2.45) is 5.92 Å². The lowest BCUT2D eigenvalue weighted by Crippen LogP contribution is -2.45. The molecule has 8 heteroatoms. The van der Waals surface area contributed by atoms with Crippen LogP contribution in [0.2, 0.25) is 0 Å². The first kappa shape index (κ1) is 20.9. The number of amides is 1. The van der Waals surface area contributed by atoms with E-state index in [-0.39, 0.29) is 35.2 Å². The molecule has 0 saturated carbocycles. The van der Waals surface area contributed by atoms with Gasteiger partial charge in [0.05, 0.1) is 4.90 Å². The number of piperidine rings is 1. The highest BCUT2D eigenvalue weighted by Crippen LogP contribution is 2.12. The lowest BCUT2D eigenvalue weighted by molar-refractivity contribution is 0.0930. The van der Waals surface area contributed by atoms with Crippen LogP contribution in [0.25, 0.3) is 0 Å². The van der Waals surface area contributed by atoms with Crippen LogP contribution in [0, 0.1) is 5.92 Å². The number of hydrogen-bond acceptors (Lipinski definition) is 4. The molecule has 1 heterocycles. The van der Waals surface area contributed by atoms with Crippen molar-refractivity contribution in [3.63, 3.8) is 0 Å². The van der Waals surface area contributed by atoms with Crippen LogP contribution >= 0.6 is 12.4 Å². The van der Waals surface area contributed by atoms with Crippen molar-refractivity contribution < 1.29 is 13.2 Å². The Bertz CT molecular complexity index is 626. The Balaban J connectivity index is 0.00000288. The quantitative estimate of drug-likeness (QED) is 0.703. The minimum Gasteiger partial charge on any atom is -0.348 e. The molecule has 0 bridgehead atoms. The summed E-state index contributed by atoms with van der Waals surface area (Å²) >= 11 is 0. The predicted octanol–water partition coefficient (Wildman–Crippen LogP) is 1.52. The zero-order valence-corrected chi connectivity index (χ0v) is 15.7. The zero-order chi connectivity index (χ0) is 16.9. The third-order valence-corrected chi connectivity index (χ3v) is 5.18. The van der Waals surface area contributed by atoms with Gasteiger partial charge in [0.15, 0.2) is 0 Å². The normalized spacial score (nSPS) is 18.0. The van der Waals surface area contributed by atoms with E-state index in [2.05, 4.69) is 15.4 Å². The molecule has 0 aliphatic carbocycles. The van der Waals surface area contributed by atoms with Gasteiger partial charge in [-0.05, 0) is 49.6 Å². The van der Waals surface area contributed by atoms with Gasteiger partial charge in [0.25, 0.3) is 5.91 Å². The molecule has 1 aromatic carbocycles. The van der Waals surface area contributed by atoms with Gasteiger partial charge < -0.3 is 10.6 Å². The Morgan fingerprint density at radius 3 is 2.50 bits per heavy atom. The maximum atomic E-state index is 12.2. The molecule has 1 unspecified atom stereocenters. The van der Waals surface area contributed by atoms with Crippen LogP contribution in [0.15, 0.2) is 29.2 Å². The molecule has 1 aromatic rings. The Morgan fingerprint density at radius 1 is 1.29 bits per heavy atom. The Labute approximate surface area is 150 Å². The Morgan fingerprint density at radius 2 is 1.96 bits per heavy atom. The molecule has 24 heavy (non-hydrogen) atoms. The molecule has 0 aromatic heterocycles. The molecule has 1 fully saturated rings. The molecular formula is C16H26ClN3O3S. The monoisotopic (exact) mass is 375 g/mol. The van der Waals surface area contributed by atoms with Crippen molar-refractivity contribution in [1.29, 1.82) is 0 Å². The third kappa shape index (κ3) is 6.05. The van der Waals surface area contributed by atoms with Gasteiger partial charge in [-0.2, -0.15) is 0 Å². The summed E-state index contributed by atoms with van der Waals surface area (Å²) in [5.74, 6) is 0.0664. The molecule has 0 spiro atoms. The van der Waals surface area contributed by atoms with E-state index < -0.39 is 10.0 Å². The SMILES string of the molecule is CC(C)CNS(=O)(=O)c1ccc(C(=O)NC2CCCNC2)cc1.Cl. The summed E-state index contributed by atoms with van der Waals surface area (Å²) in [4.78, 5) is 12.4. The van der Waals surface area contributed by atoms with Crippen LogP contribution < -0.4 is 15.4 Å². The molecule has 1 amide bonds. The smallest absolute Gasteiger partial charge is 0.251 e. The zero-order valence-electron chi connectivity index (χ0n) is 14.0. The molecule has 6 nitrogen and oxygen atoms in total. The number of sulfonamides is 1. The number of rotatable bonds is 6. The minimum atomic E-state index is -3.52. The number of benzene rings is 1. The van der Waals surface area contributed by atoms with Crippen molar-refractivity contribution >= 4 is 28.3 Å². The average Bonchev–Trinajstić information content (AvgIpc) is 2.54. The molecule has 0 radical (unpaired) electrons. The summed E-state index contributed by atoms with van der Waals surface area (Å²) in [5, 5.41) is 6.21. The van der Waals surface area contributed by atoms with E-state index in [0.717, 1.165) is 25.9 Å². The van der Waals surface area contributed by atoms with E-state index in [1.54, 1.807) is 12.1 Å². The van der Waals surface area contributed by atoms with Crippen LogP contribution in [0.4, 0.5) is 0 Å². The first-order valence-corrected chi connectivity index (χ1v) is 9.48. The fraction of sp³-hybridized carbons (Fsp3) is 0.562. The van der Waals surface area contributed by atoms with Crippen LogP contribution in [0.1, 0.15) is 37.0 Å². The van der Waals surface area contributed by atoms with Crippen LogP contribution in [-0.2, 0) is 10.0 Å². The highest BCUT2D eigenvalue weighted by atomic mass is 35.5. The van der Waals surface area contributed by atoms with Gasteiger partial charge in [-0.25, -0.2) is 13.1 Å². The van der Waals surface area contributed by atoms with Crippen LogP contribution in [0.3, 0.4) is 0 Å². The van der Waals surface area contributed by atoms with Crippen molar-refractivity contribution in [3.8, 4) is 0 Å². The Hall–Kier alpha value is -1.15. The highest BCUT2D eigenvalue weighted by molar-refractivity contribution is 7.89. The number of hydrogen-bond donors (Lipinski definition) is 3. The summed E-state index contributed by atoms with van der Waals surface area (Å²) in [6.07, 6.45) is 2.01. The van der Waals surface area contributed by atoms with Crippen molar-refractivity contribution in [2.75, 3.05) is 19.6 Å². The fourth-order valence-corrected chi connectivity index (χ4v) is 3.60. The Kier molecular flexibility index (Phi) is 8.15. The van der Waals surface area contributed by atoms with Gasteiger partial charge in [0, 0.05) is 24.7 Å². The van der Waals surface area contributed by atoms with Crippen molar-refractivity contribution in [2.45, 2.75) is 37.6 Å². The number of carbonyl (C=O) groups is 1. The van der Waals surface area contributed by atoms with Gasteiger partial charge in [-0.3, -0.25) is 4.79 Å². The van der Waals surface area contributed by atoms with Gasteiger partial charge in [-0.15, -0.1) is 12.4 Å².